The van der Waals surface area contributed by atoms with Crippen LogP contribution in [0.1, 0.15) is 37.8 Å². The Labute approximate surface area is 103 Å². The minimum Gasteiger partial charge on any atom is -0.496 e. The van der Waals surface area contributed by atoms with Crippen LogP contribution in [-0.2, 0) is 11.2 Å². The Hall–Kier alpha value is -1.51. The lowest BCUT2D eigenvalue weighted by atomic mass is 10.00. The highest BCUT2D eigenvalue weighted by molar-refractivity contribution is 5.72. The average molecular weight is 235 g/mol. The Morgan fingerprint density at radius 2 is 2.12 bits per heavy atom. The zero-order valence-corrected chi connectivity index (χ0v) is 11.0. The summed E-state index contributed by atoms with van der Waals surface area (Å²) >= 11 is 0. The maximum absolute atomic E-state index is 10.8. The van der Waals surface area contributed by atoms with Crippen LogP contribution in [0.25, 0.3) is 0 Å². The highest BCUT2D eigenvalue weighted by Crippen LogP contribution is 2.24. The molecular formula is C14H21NO2. The highest BCUT2D eigenvalue weighted by atomic mass is 16.5. The summed E-state index contributed by atoms with van der Waals surface area (Å²) in [6.45, 7) is 6.49. The second kappa shape index (κ2) is 6.28. The number of rotatable bonds is 5. The Kier molecular flexibility index (Phi) is 5.01. The molecule has 0 heterocycles. The number of carbonyl (C=O) groups excluding carboxylic acids is 1. The van der Waals surface area contributed by atoms with Gasteiger partial charge < -0.3 is 10.1 Å². The molecule has 3 heteroatoms. The van der Waals surface area contributed by atoms with E-state index in [-0.39, 0.29) is 5.91 Å². The molecule has 0 aliphatic rings. The van der Waals surface area contributed by atoms with Gasteiger partial charge in [0.15, 0.2) is 0 Å². The first-order chi connectivity index (χ1) is 8.04. The van der Waals surface area contributed by atoms with Crippen LogP contribution in [0.2, 0.25) is 0 Å². The van der Waals surface area contributed by atoms with Gasteiger partial charge in [-0.15, -0.1) is 0 Å². The van der Waals surface area contributed by atoms with Gasteiger partial charge in [0.1, 0.15) is 5.75 Å². The maximum atomic E-state index is 10.8. The van der Waals surface area contributed by atoms with Gasteiger partial charge in [-0.05, 0) is 29.5 Å². The molecule has 0 bridgehead atoms. The normalized spacial score (nSPS) is 10.4. The molecule has 0 radical (unpaired) electrons. The van der Waals surface area contributed by atoms with Crippen LogP contribution in [-0.4, -0.2) is 19.6 Å². The van der Waals surface area contributed by atoms with E-state index in [0.29, 0.717) is 12.5 Å². The molecule has 0 atom stereocenters. The first kappa shape index (κ1) is 13.6. The SMILES string of the molecule is COc1cc(C(C)C)ccc1CCNC(C)=O. The number of hydrogen-bond acceptors (Lipinski definition) is 2. The zero-order valence-electron chi connectivity index (χ0n) is 11.0. The second-order valence-electron chi connectivity index (χ2n) is 4.46. The average Bonchev–Trinajstić information content (AvgIpc) is 2.28. The van der Waals surface area contributed by atoms with E-state index in [9.17, 15) is 4.79 Å². The summed E-state index contributed by atoms with van der Waals surface area (Å²) in [4.78, 5) is 10.8. The number of hydrogen-bond donors (Lipinski definition) is 1. The van der Waals surface area contributed by atoms with E-state index < -0.39 is 0 Å². The molecule has 1 amide bonds. The van der Waals surface area contributed by atoms with Crippen LogP contribution in [0.15, 0.2) is 18.2 Å². The molecule has 3 nitrogen and oxygen atoms in total. The minimum absolute atomic E-state index is 0.00256. The van der Waals surface area contributed by atoms with Crippen LogP contribution < -0.4 is 10.1 Å². The third-order valence-electron chi connectivity index (χ3n) is 2.75. The van der Waals surface area contributed by atoms with Gasteiger partial charge in [0.2, 0.25) is 5.91 Å². The summed E-state index contributed by atoms with van der Waals surface area (Å²) in [5.74, 6) is 1.40. The van der Waals surface area contributed by atoms with Crippen molar-refractivity contribution in [1.82, 2.24) is 5.32 Å². The third kappa shape index (κ3) is 4.10. The van der Waals surface area contributed by atoms with Gasteiger partial charge in [-0.1, -0.05) is 26.0 Å². The van der Waals surface area contributed by atoms with Crippen molar-refractivity contribution in [2.24, 2.45) is 0 Å². The summed E-state index contributed by atoms with van der Waals surface area (Å²) in [6, 6.07) is 6.28. The molecule has 1 aromatic rings. The molecule has 0 spiro atoms. The van der Waals surface area contributed by atoms with Crippen LogP contribution in [0.5, 0.6) is 5.75 Å². The van der Waals surface area contributed by atoms with Crippen molar-refractivity contribution in [3.8, 4) is 5.75 Å². The van der Waals surface area contributed by atoms with Gasteiger partial charge in [-0.25, -0.2) is 0 Å². The Balaban J connectivity index is 2.74. The lowest BCUT2D eigenvalue weighted by Gasteiger charge is -2.12. The molecule has 0 aromatic heterocycles. The van der Waals surface area contributed by atoms with Crippen molar-refractivity contribution in [3.05, 3.63) is 29.3 Å². The predicted molar refractivity (Wildman–Crippen MR) is 69.5 cm³/mol. The molecule has 0 aliphatic carbocycles. The standard InChI is InChI=1S/C14H21NO2/c1-10(2)13-6-5-12(14(9-13)17-4)7-8-15-11(3)16/h5-6,9-10H,7-8H2,1-4H3,(H,15,16). The smallest absolute Gasteiger partial charge is 0.216 e. The molecule has 17 heavy (non-hydrogen) atoms. The van der Waals surface area contributed by atoms with E-state index in [1.54, 1.807) is 7.11 Å². The van der Waals surface area contributed by atoms with Crippen LogP contribution in [0, 0.1) is 0 Å². The van der Waals surface area contributed by atoms with Gasteiger partial charge >= 0.3 is 0 Å². The van der Waals surface area contributed by atoms with Gasteiger partial charge in [0, 0.05) is 13.5 Å². The minimum atomic E-state index is 0.00256. The van der Waals surface area contributed by atoms with E-state index in [4.69, 9.17) is 4.74 Å². The van der Waals surface area contributed by atoms with E-state index >= 15 is 0 Å². The fourth-order valence-electron chi connectivity index (χ4n) is 1.70. The van der Waals surface area contributed by atoms with E-state index in [0.717, 1.165) is 17.7 Å². The molecule has 0 fully saturated rings. The summed E-state index contributed by atoms with van der Waals surface area (Å²) < 4.78 is 5.38. The van der Waals surface area contributed by atoms with Crippen molar-refractivity contribution in [3.63, 3.8) is 0 Å². The van der Waals surface area contributed by atoms with Crippen LogP contribution >= 0.6 is 0 Å². The topological polar surface area (TPSA) is 38.3 Å². The summed E-state index contributed by atoms with van der Waals surface area (Å²) in [6.07, 6.45) is 0.793. The molecule has 0 saturated carbocycles. The Morgan fingerprint density at radius 1 is 1.41 bits per heavy atom. The fourth-order valence-corrected chi connectivity index (χ4v) is 1.70. The van der Waals surface area contributed by atoms with E-state index in [2.05, 4.69) is 37.4 Å². The van der Waals surface area contributed by atoms with Crippen molar-refractivity contribution in [1.29, 1.82) is 0 Å². The van der Waals surface area contributed by atoms with Gasteiger partial charge in [-0.3, -0.25) is 4.79 Å². The molecule has 94 valence electrons. The lowest BCUT2D eigenvalue weighted by molar-refractivity contribution is -0.118. The summed E-state index contributed by atoms with van der Waals surface area (Å²) in [5.41, 5.74) is 2.40. The quantitative estimate of drug-likeness (QED) is 0.851. The van der Waals surface area contributed by atoms with Crippen molar-refractivity contribution >= 4 is 5.91 Å². The van der Waals surface area contributed by atoms with E-state index in [1.807, 2.05) is 0 Å². The first-order valence-corrected chi connectivity index (χ1v) is 5.96. The molecule has 1 N–H and O–H groups in total. The van der Waals surface area contributed by atoms with Crippen LogP contribution in [0.3, 0.4) is 0 Å². The molecule has 1 rings (SSSR count). The largest absolute Gasteiger partial charge is 0.496 e. The number of nitrogens with one attached hydrogen (secondary N) is 1. The van der Waals surface area contributed by atoms with Crippen LogP contribution in [0.4, 0.5) is 0 Å². The number of methoxy groups -OCH3 is 1. The summed E-state index contributed by atoms with van der Waals surface area (Å²) in [5, 5.41) is 2.79. The number of amides is 1. The Bertz CT molecular complexity index is 386. The maximum Gasteiger partial charge on any atom is 0.216 e. The zero-order chi connectivity index (χ0) is 12.8. The Morgan fingerprint density at radius 3 is 2.65 bits per heavy atom. The highest BCUT2D eigenvalue weighted by Gasteiger charge is 2.06. The molecule has 0 aliphatic heterocycles. The number of carbonyl (C=O) groups is 1. The van der Waals surface area contributed by atoms with Gasteiger partial charge in [0.25, 0.3) is 0 Å². The summed E-state index contributed by atoms with van der Waals surface area (Å²) in [7, 11) is 1.68. The molecule has 0 unspecified atom stereocenters. The van der Waals surface area contributed by atoms with Gasteiger partial charge in [0.05, 0.1) is 7.11 Å². The van der Waals surface area contributed by atoms with Crippen molar-refractivity contribution in [2.75, 3.05) is 13.7 Å². The molecule has 0 saturated heterocycles. The van der Waals surface area contributed by atoms with Crippen molar-refractivity contribution in [2.45, 2.75) is 33.1 Å². The van der Waals surface area contributed by atoms with E-state index in [1.165, 1.54) is 12.5 Å². The third-order valence-corrected chi connectivity index (χ3v) is 2.75. The lowest BCUT2D eigenvalue weighted by Crippen LogP contribution is -2.22. The molecular weight excluding hydrogens is 214 g/mol. The monoisotopic (exact) mass is 235 g/mol. The van der Waals surface area contributed by atoms with Gasteiger partial charge in [-0.2, -0.15) is 0 Å². The fraction of sp³-hybridized carbons (Fsp3) is 0.500. The second-order valence-corrected chi connectivity index (χ2v) is 4.46. The molecule has 1 aromatic carbocycles. The predicted octanol–water partition coefficient (Wildman–Crippen LogP) is 2.50. The number of ether oxygens (including phenoxy) is 1. The van der Waals surface area contributed by atoms with Crippen molar-refractivity contribution < 1.29 is 9.53 Å². The first-order valence-electron chi connectivity index (χ1n) is 5.96. The number of benzene rings is 1.